The number of nitrogen functional groups attached to an aromatic ring is 1. The summed E-state index contributed by atoms with van der Waals surface area (Å²) in [5.74, 6) is -0.925. The summed E-state index contributed by atoms with van der Waals surface area (Å²) < 4.78 is 27.3. The second kappa shape index (κ2) is 4.60. The number of benzene rings is 1. The molecule has 1 heterocycles. The molecule has 94 valence electrons. The zero-order chi connectivity index (χ0) is 13.3. The van der Waals surface area contributed by atoms with Crippen LogP contribution in [0, 0.1) is 25.5 Å². The van der Waals surface area contributed by atoms with Crippen LogP contribution in [0.4, 0.5) is 26.0 Å². The molecule has 0 unspecified atom stereocenters. The lowest BCUT2D eigenvalue weighted by atomic mass is 10.2. The van der Waals surface area contributed by atoms with Crippen LogP contribution in [0.15, 0.2) is 24.3 Å². The molecule has 2 aromatic rings. The molecule has 3 nitrogen and oxygen atoms in total. The fourth-order valence-corrected chi connectivity index (χ4v) is 1.54. The summed E-state index contributed by atoms with van der Waals surface area (Å²) in [4.78, 5) is 4.11. The maximum Gasteiger partial charge on any atom is 0.152 e. The van der Waals surface area contributed by atoms with Gasteiger partial charge < -0.3 is 11.1 Å². The monoisotopic (exact) mass is 249 g/mol. The van der Waals surface area contributed by atoms with Crippen molar-refractivity contribution in [2.45, 2.75) is 13.8 Å². The maximum absolute atomic E-state index is 13.8. The van der Waals surface area contributed by atoms with Crippen molar-refractivity contribution in [3.05, 3.63) is 47.2 Å². The molecule has 18 heavy (non-hydrogen) atoms. The number of hydrogen-bond acceptors (Lipinski definition) is 3. The largest absolute Gasteiger partial charge is 0.397 e. The molecule has 0 spiro atoms. The van der Waals surface area contributed by atoms with E-state index in [1.54, 1.807) is 26.0 Å². The number of nitrogens with one attached hydrogen (secondary N) is 1. The second-order valence-electron chi connectivity index (χ2n) is 4.05. The third-order valence-electron chi connectivity index (χ3n) is 2.66. The number of aryl methyl sites for hydroxylation is 2. The van der Waals surface area contributed by atoms with Crippen molar-refractivity contribution in [3.63, 3.8) is 0 Å². The average molecular weight is 249 g/mol. The smallest absolute Gasteiger partial charge is 0.152 e. The van der Waals surface area contributed by atoms with Crippen LogP contribution in [0.3, 0.4) is 0 Å². The fourth-order valence-electron chi connectivity index (χ4n) is 1.54. The minimum atomic E-state index is -0.658. The number of rotatable bonds is 2. The normalized spacial score (nSPS) is 10.4. The second-order valence-corrected chi connectivity index (χ2v) is 4.05. The third kappa shape index (κ3) is 2.25. The molecule has 0 amide bonds. The van der Waals surface area contributed by atoms with Gasteiger partial charge in [0.2, 0.25) is 0 Å². The summed E-state index contributed by atoms with van der Waals surface area (Å²) in [5.41, 5.74) is 6.93. The Morgan fingerprint density at radius 1 is 1.11 bits per heavy atom. The van der Waals surface area contributed by atoms with Crippen LogP contribution < -0.4 is 11.1 Å². The Morgan fingerprint density at radius 2 is 1.83 bits per heavy atom. The minimum Gasteiger partial charge on any atom is -0.397 e. The van der Waals surface area contributed by atoms with Gasteiger partial charge in [0.05, 0.1) is 11.4 Å². The Kier molecular flexibility index (Phi) is 3.14. The van der Waals surface area contributed by atoms with E-state index in [1.807, 2.05) is 0 Å². The number of anilines is 3. The van der Waals surface area contributed by atoms with E-state index in [1.165, 1.54) is 12.1 Å². The van der Waals surface area contributed by atoms with Gasteiger partial charge in [-0.2, -0.15) is 0 Å². The summed E-state index contributed by atoms with van der Waals surface area (Å²) >= 11 is 0. The molecule has 0 fully saturated rings. The number of aromatic nitrogens is 1. The van der Waals surface area contributed by atoms with Crippen molar-refractivity contribution < 1.29 is 8.78 Å². The molecule has 1 aromatic heterocycles. The number of hydrogen-bond donors (Lipinski definition) is 2. The number of nitrogens with zero attached hydrogens (tertiary/aromatic N) is 1. The Hall–Kier alpha value is -2.17. The first-order chi connectivity index (χ1) is 8.49. The molecular formula is C13H13F2N3. The molecule has 0 aliphatic carbocycles. The molecule has 2 rings (SSSR count). The van der Waals surface area contributed by atoms with Crippen molar-refractivity contribution in [2.24, 2.45) is 0 Å². The molecule has 0 radical (unpaired) electrons. The van der Waals surface area contributed by atoms with Gasteiger partial charge in [0, 0.05) is 0 Å². The Bertz CT molecular complexity index is 597. The molecule has 0 aliphatic heterocycles. The highest BCUT2D eigenvalue weighted by Gasteiger charge is 2.12. The van der Waals surface area contributed by atoms with Crippen LogP contribution in [0.5, 0.6) is 0 Å². The van der Waals surface area contributed by atoms with Crippen molar-refractivity contribution in [1.82, 2.24) is 4.98 Å². The van der Waals surface area contributed by atoms with E-state index in [0.29, 0.717) is 22.8 Å². The van der Waals surface area contributed by atoms with Gasteiger partial charge in [-0.05, 0) is 37.6 Å². The van der Waals surface area contributed by atoms with Gasteiger partial charge in [0.1, 0.15) is 17.3 Å². The average Bonchev–Trinajstić information content (AvgIpc) is 2.34. The summed E-state index contributed by atoms with van der Waals surface area (Å²) in [7, 11) is 0. The summed E-state index contributed by atoms with van der Waals surface area (Å²) in [6.45, 7) is 3.30. The van der Waals surface area contributed by atoms with E-state index < -0.39 is 11.6 Å². The van der Waals surface area contributed by atoms with Gasteiger partial charge >= 0.3 is 0 Å². The van der Waals surface area contributed by atoms with Crippen molar-refractivity contribution in [3.8, 4) is 0 Å². The molecule has 0 bridgehead atoms. The number of nitrogens with two attached hydrogens (primary N) is 1. The first kappa shape index (κ1) is 12.3. The van der Waals surface area contributed by atoms with Crippen molar-refractivity contribution in [2.75, 3.05) is 11.1 Å². The van der Waals surface area contributed by atoms with Crippen molar-refractivity contribution >= 4 is 17.2 Å². The van der Waals surface area contributed by atoms with Gasteiger partial charge in [0.15, 0.2) is 5.82 Å². The molecule has 3 N–H and O–H groups in total. The van der Waals surface area contributed by atoms with Crippen LogP contribution in [-0.4, -0.2) is 4.98 Å². The molecule has 1 aromatic carbocycles. The topological polar surface area (TPSA) is 50.9 Å². The highest BCUT2D eigenvalue weighted by molar-refractivity contribution is 5.61. The zero-order valence-corrected chi connectivity index (χ0v) is 10.1. The lowest BCUT2D eigenvalue weighted by Crippen LogP contribution is -2.02. The summed E-state index contributed by atoms with van der Waals surface area (Å²) in [5, 5.41) is 2.63. The van der Waals surface area contributed by atoms with Gasteiger partial charge in [-0.3, -0.25) is 0 Å². The first-order valence-corrected chi connectivity index (χ1v) is 5.44. The van der Waals surface area contributed by atoms with Gasteiger partial charge in [-0.15, -0.1) is 0 Å². The molecule has 5 heteroatoms. The fraction of sp³-hybridized carbons (Fsp3) is 0.154. The highest BCUT2D eigenvalue weighted by atomic mass is 19.1. The zero-order valence-electron chi connectivity index (χ0n) is 10.1. The van der Waals surface area contributed by atoms with Gasteiger partial charge in [-0.1, -0.05) is 6.07 Å². The van der Waals surface area contributed by atoms with Crippen LogP contribution in [-0.2, 0) is 0 Å². The molecule has 0 saturated heterocycles. The van der Waals surface area contributed by atoms with E-state index in [9.17, 15) is 8.78 Å². The maximum atomic E-state index is 13.8. The Labute approximate surface area is 104 Å². The van der Waals surface area contributed by atoms with E-state index in [0.717, 1.165) is 0 Å². The van der Waals surface area contributed by atoms with Gasteiger partial charge in [-0.25, -0.2) is 13.8 Å². The molecule has 0 saturated carbocycles. The van der Waals surface area contributed by atoms with E-state index >= 15 is 0 Å². The highest BCUT2D eigenvalue weighted by Crippen LogP contribution is 2.25. The lowest BCUT2D eigenvalue weighted by molar-refractivity contribution is 0.584. The quantitative estimate of drug-likeness (QED) is 0.858. The predicted molar refractivity (Wildman–Crippen MR) is 67.8 cm³/mol. The summed E-state index contributed by atoms with van der Waals surface area (Å²) in [6, 6.07) is 5.81. The number of pyridine rings is 1. The Morgan fingerprint density at radius 3 is 2.50 bits per heavy atom. The molecule has 0 aliphatic rings. The first-order valence-electron chi connectivity index (χ1n) is 5.44. The van der Waals surface area contributed by atoms with E-state index in [4.69, 9.17) is 5.73 Å². The van der Waals surface area contributed by atoms with Crippen LogP contribution >= 0.6 is 0 Å². The summed E-state index contributed by atoms with van der Waals surface area (Å²) in [6.07, 6.45) is 0. The van der Waals surface area contributed by atoms with E-state index in [2.05, 4.69) is 10.3 Å². The SMILES string of the molecule is Cc1ccc(F)c(Nc2ccc(N)c(C)n2)c1F. The third-order valence-corrected chi connectivity index (χ3v) is 2.66. The predicted octanol–water partition coefficient (Wildman–Crippen LogP) is 3.30. The lowest BCUT2D eigenvalue weighted by Gasteiger charge is -2.10. The molecular weight excluding hydrogens is 236 g/mol. The minimum absolute atomic E-state index is 0.202. The molecule has 0 atom stereocenters. The Balaban J connectivity index is 2.39. The van der Waals surface area contributed by atoms with E-state index in [-0.39, 0.29) is 5.69 Å². The standard InChI is InChI=1S/C13H13F2N3/c1-7-3-4-9(14)13(12(7)15)18-11-6-5-10(16)8(2)17-11/h3-6H,16H2,1-2H3,(H,17,18). The van der Waals surface area contributed by atoms with Crippen LogP contribution in [0.25, 0.3) is 0 Å². The number of halogens is 2. The van der Waals surface area contributed by atoms with Crippen LogP contribution in [0.1, 0.15) is 11.3 Å². The van der Waals surface area contributed by atoms with Crippen LogP contribution in [0.2, 0.25) is 0 Å². The van der Waals surface area contributed by atoms with Gasteiger partial charge in [0.25, 0.3) is 0 Å². The van der Waals surface area contributed by atoms with Crippen molar-refractivity contribution in [1.29, 1.82) is 0 Å².